The third-order valence-electron chi connectivity index (χ3n) is 3.71. The summed E-state index contributed by atoms with van der Waals surface area (Å²) in [6.45, 7) is 2.53. The number of carboxylic acid groups (broad SMARTS) is 1. The number of rotatable bonds is 6. The maximum atomic E-state index is 12.2. The third-order valence-corrected chi connectivity index (χ3v) is 3.94. The first kappa shape index (κ1) is 17.6. The molecule has 1 amide bonds. The monoisotopic (exact) mass is 341 g/mol. The van der Waals surface area contributed by atoms with Crippen LogP contribution in [0.1, 0.15) is 19.8 Å². The molecule has 2 N–H and O–H groups in total. The van der Waals surface area contributed by atoms with Crippen LogP contribution in [0.25, 0.3) is 0 Å². The van der Waals surface area contributed by atoms with Gasteiger partial charge >= 0.3 is 5.97 Å². The molecule has 3 unspecified atom stereocenters. The molecule has 6 nitrogen and oxygen atoms in total. The fraction of sp³-hybridized carbons (Fsp3) is 0.500. The van der Waals surface area contributed by atoms with Gasteiger partial charge in [0.2, 0.25) is 0 Å². The van der Waals surface area contributed by atoms with E-state index in [1.807, 2.05) is 0 Å². The second kappa shape index (κ2) is 8.17. The predicted molar refractivity (Wildman–Crippen MR) is 84.7 cm³/mol. The molecule has 7 heteroatoms. The van der Waals surface area contributed by atoms with E-state index in [-0.39, 0.29) is 5.92 Å². The number of benzene rings is 1. The van der Waals surface area contributed by atoms with Gasteiger partial charge in [-0.3, -0.25) is 4.79 Å². The average Bonchev–Trinajstić information content (AvgIpc) is 2.52. The van der Waals surface area contributed by atoms with Gasteiger partial charge in [-0.15, -0.1) is 0 Å². The first-order valence-corrected chi connectivity index (χ1v) is 7.88. The van der Waals surface area contributed by atoms with Gasteiger partial charge in [-0.1, -0.05) is 17.7 Å². The number of aliphatic carboxylic acids is 1. The van der Waals surface area contributed by atoms with Crippen LogP contribution in [0.15, 0.2) is 24.3 Å². The minimum atomic E-state index is -1.07. The number of carbonyl (C=O) groups is 2. The molecule has 0 bridgehead atoms. The van der Waals surface area contributed by atoms with E-state index in [0.29, 0.717) is 30.4 Å². The summed E-state index contributed by atoms with van der Waals surface area (Å²) in [6.07, 6.45) is 0.666. The van der Waals surface area contributed by atoms with E-state index in [4.69, 9.17) is 21.1 Å². The molecule has 0 saturated carbocycles. The van der Waals surface area contributed by atoms with Gasteiger partial charge < -0.3 is 19.9 Å². The lowest BCUT2D eigenvalue weighted by molar-refractivity contribution is -0.146. The molecule has 0 aromatic heterocycles. The van der Waals surface area contributed by atoms with Crippen LogP contribution < -0.4 is 10.1 Å². The molecule has 1 fully saturated rings. The second-order valence-electron chi connectivity index (χ2n) is 5.52. The van der Waals surface area contributed by atoms with Crippen LogP contribution in [0.4, 0.5) is 0 Å². The fourth-order valence-corrected chi connectivity index (χ4v) is 2.66. The molecule has 126 valence electrons. The van der Waals surface area contributed by atoms with E-state index in [9.17, 15) is 14.7 Å². The zero-order chi connectivity index (χ0) is 16.8. The largest absolute Gasteiger partial charge is 0.481 e. The number of amides is 1. The van der Waals surface area contributed by atoms with Crippen LogP contribution in [0.2, 0.25) is 5.02 Å². The molecule has 1 saturated heterocycles. The number of hydrogen-bond donors (Lipinski definition) is 2. The van der Waals surface area contributed by atoms with Crippen molar-refractivity contribution in [2.45, 2.75) is 31.9 Å². The molecule has 1 aromatic rings. The van der Waals surface area contributed by atoms with E-state index in [1.54, 1.807) is 31.2 Å². The van der Waals surface area contributed by atoms with Gasteiger partial charge in [0.25, 0.3) is 5.91 Å². The minimum absolute atomic E-state index is 0.233. The third kappa shape index (κ3) is 5.11. The summed E-state index contributed by atoms with van der Waals surface area (Å²) in [6, 6.07) is 5.70. The van der Waals surface area contributed by atoms with E-state index in [2.05, 4.69) is 5.32 Å². The Kier molecular flexibility index (Phi) is 6.24. The fourth-order valence-electron chi connectivity index (χ4n) is 2.48. The van der Waals surface area contributed by atoms with Crippen molar-refractivity contribution in [3.05, 3.63) is 29.3 Å². The van der Waals surface area contributed by atoms with Crippen LogP contribution in [-0.4, -0.2) is 42.3 Å². The van der Waals surface area contributed by atoms with Gasteiger partial charge in [0, 0.05) is 17.5 Å². The molecule has 1 aliphatic heterocycles. The topological polar surface area (TPSA) is 84.9 Å². The Labute approximate surface area is 139 Å². The van der Waals surface area contributed by atoms with Crippen molar-refractivity contribution in [2.24, 2.45) is 5.92 Å². The average molecular weight is 342 g/mol. The Hall–Kier alpha value is -1.79. The molecule has 1 aliphatic rings. The quantitative estimate of drug-likeness (QED) is 0.827. The first-order valence-electron chi connectivity index (χ1n) is 7.50. The Morgan fingerprint density at radius 1 is 1.48 bits per heavy atom. The molecule has 1 heterocycles. The summed E-state index contributed by atoms with van der Waals surface area (Å²) in [5.41, 5.74) is 0. The minimum Gasteiger partial charge on any atom is -0.481 e. The highest BCUT2D eigenvalue weighted by Gasteiger charge is 2.32. The number of carboxylic acids is 1. The van der Waals surface area contributed by atoms with Gasteiger partial charge in [0.05, 0.1) is 6.61 Å². The number of halogens is 1. The van der Waals surface area contributed by atoms with E-state index >= 15 is 0 Å². The summed E-state index contributed by atoms with van der Waals surface area (Å²) >= 11 is 5.86. The zero-order valence-electron chi connectivity index (χ0n) is 12.8. The zero-order valence-corrected chi connectivity index (χ0v) is 13.6. The Morgan fingerprint density at radius 3 is 2.87 bits per heavy atom. The Bertz CT molecular complexity index is 559. The number of nitrogens with one attached hydrogen (secondary N) is 1. The van der Waals surface area contributed by atoms with Gasteiger partial charge in [0.1, 0.15) is 11.8 Å². The van der Waals surface area contributed by atoms with Crippen LogP contribution in [0.3, 0.4) is 0 Å². The molecule has 1 aromatic carbocycles. The maximum Gasteiger partial charge on any atom is 0.326 e. The van der Waals surface area contributed by atoms with Gasteiger partial charge in [0.15, 0.2) is 6.10 Å². The lowest BCUT2D eigenvalue weighted by Crippen LogP contribution is -2.51. The number of carbonyl (C=O) groups excluding carboxylic acids is 1. The molecular weight excluding hydrogens is 322 g/mol. The summed E-state index contributed by atoms with van der Waals surface area (Å²) < 4.78 is 10.8. The summed E-state index contributed by atoms with van der Waals surface area (Å²) in [5.74, 6) is -1.33. The molecule has 23 heavy (non-hydrogen) atoms. The van der Waals surface area contributed by atoms with Crippen LogP contribution in [-0.2, 0) is 14.3 Å². The molecule has 0 spiro atoms. The maximum absolute atomic E-state index is 12.2. The Morgan fingerprint density at radius 2 is 2.26 bits per heavy atom. The van der Waals surface area contributed by atoms with Crippen molar-refractivity contribution in [2.75, 3.05) is 13.2 Å². The number of hydrogen-bond acceptors (Lipinski definition) is 4. The van der Waals surface area contributed by atoms with Gasteiger partial charge in [-0.25, -0.2) is 4.79 Å². The van der Waals surface area contributed by atoms with Crippen molar-refractivity contribution in [1.29, 1.82) is 0 Å². The molecule has 2 rings (SSSR count). The first-order chi connectivity index (χ1) is 11.0. The van der Waals surface area contributed by atoms with Crippen LogP contribution in [0.5, 0.6) is 5.75 Å². The van der Waals surface area contributed by atoms with Crippen molar-refractivity contribution >= 4 is 23.5 Å². The predicted octanol–water partition coefficient (Wildman–Crippen LogP) is 2.10. The highest BCUT2D eigenvalue weighted by molar-refractivity contribution is 6.30. The summed E-state index contributed by atoms with van der Waals surface area (Å²) in [4.78, 5) is 23.6. The lowest BCUT2D eigenvalue weighted by atomic mass is 9.93. The van der Waals surface area contributed by atoms with Crippen molar-refractivity contribution < 1.29 is 24.2 Å². The molecule has 3 atom stereocenters. The normalized spacial score (nSPS) is 20.3. The smallest absolute Gasteiger partial charge is 0.326 e. The lowest BCUT2D eigenvalue weighted by Gasteiger charge is -2.28. The summed E-state index contributed by atoms with van der Waals surface area (Å²) in [5, 5.41) is 12.4. The van der Waals surface area contributed by atoms with Crippen LogP contribution in [0, 0.1) is 5.92 Å². The number of ether oxygens (including phenoxy) is 2. The molecule has 0 radical (unpaired) electrons. The van der Waals surface area contributed by atoms with Crippen LogP contribution >= 0.6 is 11.6 Å². The molecular formula is C16H20ClNO5. The van der Waals surface area contributed by atoms with E-state index in [1.165, 1.54) is 0 Å². The van der Waals surface area contributed by atoms with Crippen molar-refractivity contribution in [1.82, 2.24) is 5.32 Å². The van der Waals surface area contributed by atoms with E-state index < -0.39 is 24.0 Å². The molecule has 0 aliphatic carbocycles. The standard InChI is InChI=1S/C16H20ClNO5/c1-10(23-13-6-2-5-12(17)8-13)15(19)18-14(16(20)21)11-4-3-7-22-9-11/h2,5-6,8,10-11,14H,3-4,7,9H2,1H3,(H,18,19)(H,20,21). The van der Waals surface area contributed by atoms with Gasteiger partial charge in [-0.2, -0.15) is 0 Å². The second-order valence-corrected chi connectivity index (χ2v) is 5.96. The highest BCUT2D eigenvalue weighted by atomic mass is 35.5. The highest BCUT2D eigenvalue weighted by Crippen LogP contribution is 2.20. The van der Waals surface area contributed by atoms with Crippen molar-refractivity contribution in [3.8, 4) is 5.75 Å². The van der Waals surface area contributed by atoms with E-state index in [0.717, 1.165) is 6.42 Å². The van der Waals surface area contributed by atoms with Gasteiger partial charge in [-0.05, 0) is 38.0 Å². The Balaban J connectivity index is 1.96. The summed E-state index contributed by atoms with van der Waals surface area (Å²) in [7, 11) is 0. The van der Waals surface area contributed by atoms with Crippen molar-refractivity contribution in [3.63, 3.8) is 0 Å². The SMILES string of the molecule is CC(Oc1cccc(Cl)c1)C(=O)NC(C(=O)O)C1CCCOC1.